The van der Waals surface area contributed by atoms with Gasteiger partial charge in [-0.15, -0.1) is 12.4 Å². The standard InChI is InChI=1S/C11H15FN2O3S.ClH/c1-17-11-3-2-9(6-10(11)12)18(15,16)14-5-4-8(13)7-14;/h2-3,6,8H,4-5,7,13H2,1H3;1H/t8-;/m1./s1. The van der Waals surface area contributed by atoms with Crippen LogP contribution in [0.15, 0.2) is 23.1 Å². The van der Waals surface area contributed by atoms with Gasteiger partial charge in [0.05, 0.1) is 12.0 Å². The first kappa shape index (κ1) is 16.2. The summed E-state index contributed by atoms with van der Waals surface area (Å²) in [5, 5.41) is 0. The van der Waals surface area contributed by atoms with Crippen molar-refractivity contribution < 1.29 is 17.5 Å². The highest BCUT2D eigenvalue weighted by Crippen LogP contribution is 2.25. The minimum atomic E-state index is -3.66. The first-order valence-electron chi connectivity index (χ1n) is 5.54. The molecule has 0 aliphatic carbocycles. The fraction of sp³-hybridized carbons (Fsp3) is 0.455. The van der Waals surface area contributed by atoms with Crippen LogP contribution >= 0.6 is 12.4 Å². The van der Waals surface area contributed by atoms with Crippen molar-refractivity contribution in [2.24, 2.45) is 5.73 Å². The van der Waals surface area contributed by atoms with Crippen molar-refractivity contribution in [1.29, 1.82) is 0 Å². The second-order valence-corrected chi connectivity index (χ2v) is 6.15. The number of benzene rings is 1. The molecule has 0 saturated carbocycles. The maximum atomic E-state index is 13.5. The van der Waals surface area contributed by atoms with Crippen LogP contribution < -0.4 is 10.5 Å². The zero-order chi connectivity index (χ0) is 13.3. The summed E-state index contributed by atoms with van der Waals surface area (Å²) in [5.74, 6) is -0.672. The van der Waals surface area contributed by atoms with Gasteiger partial charge in [0.15, 0.2) is 11.6 Å². The summed E-state index contributed by atoms with van der Waals surface area (Å²) in [4.78, 5) is -0.0742. The van der Waals surface area contributed by atoms with E-state index in [-0.39, 0.29) is 35.6 Å². The first-order valence-corrected chi connectivity index (χ1v) is 6.98. The van der Waals surface area contributed by atoms with Gasteiger partial charge in [0.25, 0.3) is 0 Å². The van der Waals surface area contributed by atoms with Crippen molar-refractivity contribution in [2.45, 2.75) is 17.4 Å². The molecule has 0 aromatic heterocycles. The molecule has 2 rings (SSSR count). The van der Waals surface area contributed by atoms with Crippen molar-refractivity contribution >= 4 is 22.4 Å². The fourth-order valence-electron chi connectivity index (χ4n) is 1.93. The van der Waals surface area contributed by atoms with Gasteiger partial charge in [0, 0.05) is 19.1 Å². The Morgan fingerprint density at radius 1 is 1.47 bits per heavy atom. The van der Waals surface area contributed by atoms with E-state index in [1.807, 2.05) is 0 Å². The Morgan fingerprint density at radius 2 is 2.16 bits per heavy atom. The van der Waals surface area contributed by atoms with Crippen LogP contribution in [0.2, 0.25) is 0 Å². The van der Waals surface area contributed by atoms with E-state index < -0.39 is 15.8 Å². The lowest BCUT2D eigenvalue weighted by Crippen LogP contribution is -2.32. The molecule has 1 aromatic carbocycles. The second-order valence-electron chi connectivity index (χ2n) is 4.21. The number of hydrogen-bond acceptors (Lipinski definition) is 4. The molecule has 1 saturated heterocycles. The van der Waals surface area contributed by atoms with Gasteiger partial charge >= 0.3 is 0 Å². The van der Waals surface area contributed by atoms with Gasteiger partial charge in [-0.2, -0.15) is 4.31 Å². The minimum Gasteiger partial charge on any atom is -0.494 e. The highest BCUT2D eigenvalue weighted by molar-refractivity contribution is 7.89. The largest absolute Gasteiger partial charge is 0.494 e. The SMILES string of the molecule is COc1ccc(S(=O)(=O)N2CC[C@@H](N)C2)cc1F.Cl. The van der Waals surface area contributed by atoms with Gasteiger partial charge in [-0.05, 0) is 24.6 Å². The molecule has 0 unspecified atom stereocenters. The van der Waals surface area contributed by atoms with E-state index in [4.69, 9.17) is 10.5 Å². The maximum absolute atomic E-state index is 13.5. The summed E-state index contributed by atoms with van der Waals surface area (Å²) in [7, 11) is -2.34. The molecular weight excluding hydrogens is 295 g/mol. The number of ether oxygens (including phenoxy) is 1. The summed E-state index contributed by atoms with van der Waals surface area (Å²) >= 11 is 0. The van der Waals surface area contributed by atoms with Crippen molar-refractivity contribution in [3.63, 3.8) is 0 Å². The molecule has 0 spiro atoms. The van der Waals surface area contributed by atoms with E-state index in [0.717, 1.165) is 6.07 Å². The molecule has 0 amide bonds. The van der Waals surface area contributed by atoms with Gasteiger partial charge in [0.2, 0.25) is 10.0 Å². The monoisotopic (exact) mass is 310 g/mol. The highest BCUT2D eigenvalue weighted by Gasteiger charge is 2.31. The predicted octanol–water partition coefficient (Wildman–Crippen LogP) is 0.978. The molecule has 0 bridgehead atoms. The highest BCUT2D eigenvalue weighted by atomic mass is 35.5. The molecule has 108 valence electrons. The van der Waals surface area contributed by atoms with Crippen molar-refractivity contribution in [2.75, 3.05) is 20.2 Å². The molecule has 1 fully saturated rings. The number of rotatable bonds is 3. The number of sulfonamides is 1. The summed E-state index contributed by atoms with van der Waals surface area (Å²) in [6, 6.07) is 3.46. The second kappa shape index (κ2) is 6.04. The van der Waals surface area contributed by atoms with Gasteiger partial charge in [-0.3, -0.25) is 0 Å². The van der Waals surface area contributed by atoms with Gasteiger partial charge < -0.3 is 10.5 Å². The lowest BCUT2D eigenvalue weighted by Gasteiger charge is -2.16. The summed E-state index contributed by atoms with van der Waals surface area (Å²) in [6.07, 6.45) is 0.623. The van der Waals surface area contributed by atoms with Crippen molar-refractivity contribution in [1.82, 2.24) is 4.31 Å². The average molecular weight is 311 g/mol. The lowest BCUT2D eigenvalue weighted by atomic mass is 10.3. The molecule has 2 N–H and O–H groups in total. The van der Waals surface area contributed by atoms with Crippen LogP contribution in [-0.2, 0) is 10.0 Å². The average Bonchev–Trinajstić information content (AvgIpc) is 2.76. The number of nitrogens with two attached hydrogens (primary N) is 1. The Hall–Kier alpha value is -0.890. The quantitative estimate of drug-likeness (QED) is 0.903. The Morgan fingerprint density at radius 3 is 2.63 bits per heavy atom. The Balaban J connectivity index is 0.00000180. The third kappa shape index (κ3) is 3.17. The van der Waals surface area contributed by atoms with Crippen molar-refractivity contribution in [3.05, 3.63) is 24.0 Å². The molecule has 8 heteroatoms. The molecule has 19 heavy (non-hydrogen) atoms. The summed E-state index contributed by atoms with van der Waals surface area (Å²) < 4.78 is 43.9. The Kier molecular flexibility index (Phi) is 5.14. The van der Waals surface area contributed by atoms with E-state index in [2.05, 4.69) is 0 Å². The molecule has 5 nitrogen and oxygen atoms in total. The van der Waals surface area contributed by atoms with Crippen LogP contribution in [0.3, 0.4) is 0 Å². The van der Waals surface area contributed by atoms with Gasteiger partial charge in [-0.25, -0.2) is 12.8 Å². The van der Waals surface area contributed by atoms with Crippen LogP contribution in [-0.4, -0.2) is 39.0 Å². The third-order valence-electron chi connectivity index (χ3n) is 2.95. The van der Waals surface area contributed by atoms with Gasteiger partial charge in [0.1, 0.15) is 0 Å². The molecular formula is C11H16ClFN2O3S. The minimum absolute atomic E-state index is 0. The Bertz CT molecular complexity index is 553. The predicted molar refractivity (Wildman–Crippen MR) is 71.6 cm³/mol. The van der Waals surface area contributed by atoms with Crippen LogP contribution in [0.1, 0.15) is 6.42 Å². The van der Waals surface area contributed by atoms with Gasteiger partial charge in [-0.1, -0.05) is 0 Å². The molecule has 1 atom stereocenters. The fourth-order valence-corrected chi connectivity index (χ4v) is 3.45. The first-order chi connectivity index (χ1) is 8.45. The molecule has 1 heterocycles. The molecule has 0 radical (unpaired) electrons. The molecule has 1 aliphatic rings. The topological polar surface area (TPSA) is 72.6 Å². The van der Waals surface area contributed by atoms with E-state index in [9.17, 15) is 12.8 Å². The van der Waals surface area contributed by atoms with E-state index in [1.54, 1.807) is 0 Å². The smallest absolute Gasteiger partial charge is 0.243 e. The van der Waals surface area contributed by atoms with Crippen LogP contribution in [0.5, 0.6) is 5.75 Å². The van der Waals surface area contributed by atoms with Crippen LogP contribution in [0.4, 0.5) is 4.39 Å². The maximum Gasteiger partial charge on any atom is 0.243 e. The molecule has 1 aliphatic heterocycles. The number of nitrogens with zero attached hydrogens (tertiary/aromatic N) is 1. The number of halogens is 2. The third-order valence-corrected chi connectivity index (χ3v) is 4.81. The van der Waals surface area contributed by atoms with E-state index >= 15 is 0 Å². The van der Waals surface area contributed by atoms with E-state index in [0.29, 0.717) is 13.0 Å². The zero-order valence-electron chi connectivity index (χ0n) is 10.4. The summed E-state index contributed by atoms with van der Waals surface area (Å²) in [5.41, 5.74) is 5.68. The Labute approximate surface area is 118 Å². The molecule has 1 aromatic rings. The van der Waals surface area contributed by atoms with Crippen LogP contribution in [0.25, 0.3) is 0 Å². The zero-order valence-corrected chi connectivity index (χ0v) is 12.0. The number of methoxy groups -OCH3 is 1. The number of hydrogen-bond donors (Lipinski definition) is 1. The normalized spacial score (nSPS) is 20.1. The van der Waals surface area contributed by atoms with Crippen molar-refractivity contribution in [3.8, 4) is 5.75 Å². The lowest BCUT2D eigenvalue weighted by molar-refractivity contribution is 0.385. The van der Waals surface area contributed by atoms with Crippen LogP contribution in [0, 0.1) is 5.82 Å². The van der Waals surface area contributed by atoms with E-state index in [1.165, 1.54) is 23.5 Å². The summed E-state index contributed by atoms with van der Waals surface area (Å²) in [6.45, 7) is 0.646.